The first-order chi connectivity index (χ1) is 11.9. The predicted octanol–water partition coefficient (Wildman–Crippen LogP) is 1.01. The molecule has 0 bridgehead atoms. The molecule has 2 amide bonds. The number of hydrogen-bond acceptors (Lipinski definition) is 7. The number of amides is 2. The van der Waals surface area contributed by atoms with Gasteiger partial charge in [0.15, 0.2) is 17.3 Å². The van der Waals surface area contributed by atoms with Crippen LogP contribution in [0.5, 0.6) is 11.5 Å². The number of nitrogens with zero attached hydrogens (tertiary/aromatic N) is 4. The van der Waals surface area contributed by atoms with Crippen LogP contribution in [-0.2, 0) is 0 Å². The molecule has 5 N–H and O–H groups in total. The van der Waals surface area contributed by atoms with Gasteiger partial charge >= 0.3 is 6.03 Å². The third-order valence-corrected chi connectivity index (χ3v) is 3.84. The van der Waals surface area contributed by atoms with Crippen LogP contribution >= 0.6 is 0 Å². The molecule has 0 aliphatic rings. The van der Waals surface area contributed by atoms with Crippen LogP contribution in [0.2, 0.25) is 0 Å². The van der Waals surface area contributed by atoms with Crippen LogP contribution in [0.1, 0.15) is 13.8 Å². The summed E-state index contributed by atoms with van der Waals surface area (Å²) in [6, 6.07) is 2.91. The molecule has 1 aromatic carbocycles. The van der Waals surface area contributed by atoms with Crippen LogP contribution in [0.3, 0.4) is 0 Å². The van der Waals surface area contributed by atoms with Crippen molar-refractivity contribution in [1.82, 2.24) is 15.0 Å². The van der Waals surface area contributed by atoms with Crippen LogP contribution in [0.15, 0.2) is 12.1 Å². The normalized spacial score (nSPS) is 10.0. The Balaban J connectivity index is 0.00000338. The summed E-state index contributed by atoms with van der Waals surface area (Å²) in [7, 11) is 4.64. The highest BCUT2D eigenvalue weighted by Gasteiger charge is 2.17. The number of nitrogens with two attached hydrogens (primary N) is 1. The van der Waals surface area contributed by atoms with Crippen molar-refractivity contribution in [3.63, 3.8) is 0 Å². The lowest BCUT2D eigenvalue weighted by Crippen LogP contribution is -2.37. The molecule has 10 nitrogen and oxygen atoms in total. The van der Waals surface area contributed by atoms with Crippen LogP contribution in [0.25, 0.3) is 10.9 Å². The molecule has 0 aliphatic heterocycles. The van der Waals surface area contributed by atoms with Gasteiger partial charge in [-0.05, 0) is 19.9 Å². The molecule has 1 aromatic heterocycles. The fourth-order valence-electron chi connectivity index (χ4n) is 2.39. The fraction of sp³-hybridized carbons (Fsp3) is 0.438. The smallest absolute Gasteiger partial charge is 0.333 e. The zero-order valence-corrected chi connectivity index (χ0v) is 15.7. The van der Waals surface area contributed by atoms with Crippen molar-refractivity contribution in [2.24, 2.45) is 5.73 Å². The number of nitrogens with one attached hydrogen (secondary N) is 1. The summed E-state index contributed by atoms with van der Waals surface area (Å²) in [5.74, 6) is 2.10. The molecule has 0 saturated heterocycles. The van der Waals surface area contributed by atoms with Gasteiger partial charge < -0.3 is 25.6 Å². The van der Waals surface area contributed by atoms with Crippen molar-refractivity contribution in [3.8, 4) is 11.5 Å². The predicted molar refractivity (Wildman–Crippen MR) is 101 cm³/mol. The van der Waals surface area contributed by atoms with Crippen molar-refractivity contribution < 1.29 is 19.7 Å². The summed E-state index contributed by atoms with van der Waals surface area (Å²) in [6.45, 7) is 5.55. The van der Waals surface area contributed by atoms with Crippen molar-refractivity contribution in [2.45, 2.75) is 13.8 Å². The van der Waals surface area contributed by atoms with Crippen LogP contribution in [0, 0.1) is 0 Å². The van der Waals surface area contributed by atoms with Crippen LogP contribution < -0.4 is 25.5 Å². The van der Waals surface area contributed by atoms with Crippen LogP contribution in [0.4, 0.5) is 16.6 Å². The average Bonchev–Trinajstić information content (AvgIpc) is 2.61. The highest BCUT2D eigenvalue weighted by Crippen LogP contribution is 2.35. The second kappa shape index (κ2) is 8.90. The second-order valence-corrected chi connectivity index (χ2v) is 5.28. The number of primary amides is 1. The van der Waals surface area contributed by atoms with E-state index in [0.717, 1.165) is 18.1 Å². The van der Waals surface area contributed by atoms with E-state index < -0.39 is 6.03 Å². The molecule has 0 spiro atoms. The SMILES string of the molecule is CCN(CC)c1nc(NN(C)C(N)=O)c2cc(OC)c(OC)cc2n1.O. The molecular weight excluding hydrogens is 340 g/mol. The van der Waals surface area contributed by atoms with Gasteiger partial charge in [0.05, 0.1) is 19.7 Å². The third-order valence-electron chi connectivity index (χ3n) is 3.84. The highest BCUT2D eigenvalue weighted by atomic mass is 16.5. The molecule has 0 atom stereocenters. The number of carbonyl (C=O) groups is 1. The Morgan fingerprint density at radius 1 is 1.15 bits per heavy atom. The molecular formula is C16H26N6O4. The van der Waals surface area contributed by atoms with Gasteiger partial charge in [-0.1, -0.05) is 0 Å². The van der Waals surface area contributed by atoms with E-state index in [1.807, 2.05) is 18.7 Å². The molecule has 0 aliphatic carbocycles. The standard InChI is InChI=1S/C16H24N6O3.H2O/c1-6-22(7-2)16-18-11-9-13(25-5)12(24-4)8-10(11)14(19-16)20-21(3)15(17)23;/h8-9H,6-7H2,1-5H3,(H2,17,23)(H,18,19,20);1H2. The highest BCUT2D eigenvalue weighted by molar-refractivity contribution is 5.93. The van der Waals surface area contributed by atoms with Crippen molar-refractivity contribution >= 4 is 28.7 Å². The molecule has 0 unspecified atom stereocenters. The maximum atomic E-state index is 11.4. The zero-order valence-electron chi connectivity index (χ0n) is 15.7. The largest absolute Gasteiger partial charge is 0.493 e. The molecule has 0 saturated carbocycles. The summed E-state index contributed by atoms with van der Waals surface area (Å²) >= 11 is 0. The minimum atomic E-state index is -0.628. The van der Waals surface area contributed by atoms with Gasteiger partial charge in [0.1, 0.15) is 0 Å². The molecule has 10 heteroatoms. The van der Waals surface area contributed by atoms with E-state index in [2.05, 4.69) is 15.4 Å². The molecule has 26 heavy (non-hydrogen) atoms. The summed E-state index contributed by atoms with van der Waals surface area (Å²) in [5.41, 5.74) is 8.87. The van der Waals surface area contributed by atoms with E-state index in [1.54, 1.807) is 26.4 Å². The summed E-state index contributed by atoms with van der Waals surface area (Å²) in [5, 5.41) is 1.84. The first kappa shape index (κ1) is 21.0. The number of rotatable bonds is 7. The van der Waals surface area contributed by atoms with Crippen LogP contribution in [-0.4, -0.2) is 60.8 Å². The van der Waals surface area contributed by atoms with Crippen molar-refractivity contribution in [1.29, 1.82) is 0 Å². The number of urea groups is 1. The zero-order chi connectivity index (χ0) is 18.6. The Morgan fingerprint density at radius 2 is 1.73 bits per heavy atom. The monoisotopic (exact) mass is 366 g/mol. The number of fused-ring (bicyclic) bond motifs is 1. The molecule has 0 fully saturated rings. The molecule has 144 valence electrons. The summed E-state index contributed by atoms with van der Waals surface area (Å²) in [4.78, 5) is 22.6. The quantitative estimate of drug-likeness (QED) is 0.697. The first-order valence-electron chi connectivity index (χ1n) is 7.93. The van der Waals surface area contributed by atoms with Gasteiger partial charge in [-0.2, -0.15) is 4.98 Å². The van der Waals surface area contributed by atoms with Gasteiger partial charge in [-0.3, -0.25) is 5.43 Å². The number of anilines is 2. The maximum absolute atomic E-state index is 11.4. The van der Waals surface area contributed by atoms with Gasteiger partial charge in [0.25, 0.3) is 0 Å². The lowest BCUT2D eigenvalue weighted by atomic mass is 10.2. The summed E-state index contributed by atoms with van der Waals surface area (Å²) in [6.07, 6.45) is 0. The maximum Gasteiger partial charge on any atom is 0.333 e. The Kier molecular flexibility index (Phi) is 7.20. The number of hydrazine groups is 1. The van der Waals surface area contributed by atoms with E-state index in [0.29, 0.717) is 34.2 Å². The third kappa shape index (κ3) is 4.14. The summed E-state index contributed by atoms with van der Waals surface area (Å²) < 4.78 is 10.7. The lowest BCUT2D eigenvalue weighted by molar-refractivity contribution is 0.226. The first-order valence-corrected chi connectivity index (χ1v) is 7.93. The van der Waals surface area contributed by atoms with Gasteiger partial charge in [0.2, 0.25) is 5.95 Å². The Labute approximate surface area is 152 Å². The van der Waals surface area contributed by atoms with E-state index in [4.69, 9.17) is 15.2 Å². The molecule has 1 heterocycles. The Bertz CT molecular complexity index is 766. The number of hydrogen-bond donors (Lipinski definition) is 2. The topological polar surface area (TPSA) is 137 Å². The van der Waals surface area contributed by atoms with E-state index in [1.165, 1.54) is 7.05 Å². The number of aromatic nitrogens is 2. The second-order valence-electron chi connectivity index (χ2n) is 5.28. The minimum Gasteiger partial charge on any atom is -0.493 e. The number of carbonyl (C=O) groups excluding carboxylic acids is 1. The van der Waals surface area contributed by atoms with E-state index >= 15 is 0 Å². The number of methoxy groups -OCH3 is 2. The van der Waals surface area contributed by atoms with Gasteiger partial charge in [-0.25, -0.2) is 14.8 Å². The van der Waals surface area contributed by atoms with Crippen molar-refractivity contribution in [3.05, 3.63) is 12.1 Å². The minimum absolute atomic E-state index is 0. The van der Waals surface area contributed by atoms with E-state index in [9.17, 15) is 4.79 Å². The van der Waals surface area contributed by atoms with Gasteiger partial charge in [0, 0.05) is 31.6 Å². The number of benzene rings is 1. The number of ether oxygens (including phenoxy) is 2. The van der Waals surface area contributed by atoms with Gasteiger partial charge in [-0.15, -0.1) is 0 Å². The molecule has 2 aromatic rings. The molecule has 2 rings (SSSR count). The van der Waals surface area contributed by atoms with E-state index in [-0.39, 0.29) is 5.48 Å². The average molecular weight is 366 g/mol. The molecule has 0 radical (unpaired) electrons. The van der Waals surface area contributed by atoms with Crippen molar-refractivity contribution in [2.75, 3.05) is 44.7 Å². The lowest BCUT2D eigenvalue weighted by Gasteiger charge is -2.23. The Hall–Kier alpha value is -3.01. The fourth-order valence-corrected chi connectivity index (χ4v) is 2.39. The Morgan fingerprint density at radius 3 is 2.23 bits per heavy atom.